The largest absolute Gasteiger partial charge is 0.324 e. The lowest BCUT2D eigenvalue weighted by atomic mass is 9.94. The van der Waals surface area contributed by atoms with E-state index in [1.165, 1.54) is 36.0 Å². The maximum Gasteiger partial charge on any atom is 0.0297 e. The predicted octanol–water partition coefficient (Wildman–Crippen LogP) is 3.49. The van der Waals surface area contributed by atoms with Gasteiger partial charge in [0, 0.05) is 6.04 Å². The zero-order chi connectivity index (χ0) is 10.8. The Hall–Kier alpha value is -0.820. The first-order chi connectivity index (χ1) is 7.18. The van der Waals surface area contributed by atoms with Crippen molar-refractivity contribution < 1.29 is 0 Å². The highest BCUT2D eigenvalue weighted by molar-refractivity contribution is 5.35. The smallest absolute Gasteiger partial charge is 0.0297 e. The molecule has 0 amide bonds. The molecule has 0 radical (unpaired) electrons. The fraction of sp³-hybridized carbons (Fsp3) is 0.571. The fourth-order valence-electron chi connectivity index (χ4n) is 2.15. The maximum atomic E-state index is 6.24. The van der Waals surface area contributed by atoms with Crippen molar-refractivity contribution in [1.82, 2.24) is 0 Å². The van der Waals surface area contributed by atoms with Gasteiger partial charge < -0.3 is 5.73 Å². The molecule has 82 valence electrons. The van der Waals surface area contributed by atoms with Crippen LogP contribution in [0.15, 0.2) is 18.2 Å². The molecule has 0 aliphatic heterocycles. The summed E-state index contributed by atoms with van der Waals surface area (Å²) in [7, 11) is 0. The summed E-state index contributed by atoms with van der Waals surface area (Å²) in [4.78, 5) is 0. The highest BCUT2D eigenvalue weighted by Gasteiger charge is 2.22. The summed E-state index contributed by atoms with van der Waals surface area (Å²) >= 11 is 0. The Bertz CT molecular complexity index is 339. The minimum atomic E-state index is 0.241. The van der Waals surface area contributed by atoms with E-state index in [1.54, 1.807) is 0 Å². The lowest BCUT2D eigenvalue weighted by Gasteiger charge is -2.16. The van der Waals surface area contributed by atoms with Crippen LogP contribution in [0.25, 0.3) is 0 Å². The molecule has 0 saturated heterocycles. The minimum absolute atomic E-state index is 0.241. The Morgan fingerprint density at radius 3 is 2.73 bits per heavy atom. The van der Waals surface area contributed by atoms with Gasteiger partial charge in [-0.3, -0.25) is 0 Å². The molecule has 1 atom stereocenters. The van der Waals surface area contributed by atoms with Crippen LogP contribution in [0, 0.1) is 19.8 Å². The van der Waals surface area contributed by atoms with Gasteiger partial charge in [0.15, 0.2) is 0 Å². The second-order valence-corrected chi connectivity index (χ2v) is 4.92. The van der Waals surface area contributed by atoms with E-state index in [9.17, 15) is 0 Å². The normalized spacial score (nSPS) is 17.8. The fourth-order valence-corrected chi connectivity index (χ4v) is 2.15. The van der Waals surface area contributed by atoms with E-state index in [2.05, 4.69) is 32.0 Å². The molecule has 1 aliphatic carbocycles. The van der Waals surface area contributed by atoms with Gasteiger partial charge in [0.2, 0.25) is 0 Å². The van der Waals surface area contributed by atoms with E-state index >= 15 is 0 Å². The number of nitrogens with two attached hydrogens (primary N) is 1. The Morgan fingerprint density at radius 1 is 1.33 bits per heavy atom. The van der Waals surface area contributed by atoms with E-state index in [1.807, 2.05) is 0 Å². The molecule has 0 heterocycles. The van der Waals surface area contributed by atoms with Crippen LogP contribution < -0.4 is 5.73 Å². The Balaban J connectivity index is 2.02. The van der Waals surface area contributed by atoms with Crippen LogP contribution in [-0.2, 0) is 0 Å². The van der Waals surface area contributed by atoms with Crippen molar-refractivity contribution in [2.24, 2.45) is 11.7 Å². The van der Waals surface area contributed by atoms with Gasteiger partial charge in [-0.1, -0.05) is 31.0 Å². The summed E-state index contributed by atoms with van der Waals surface area (Å²) in [6, 6.07) is 6.70. The third kappa shape index (κ3) is 2.60. The zero-order valence-corrected chi connectivity index (χ0v) is 9.79. The highest BCUT2D eigenvalue weighted by atomic mass is 14.6. The number of benzene rings is 1. The number of aryl methyl sites for hydroxylation is 1. The first-order valence-electron chi connectivity index (χ1n) is 6.00. The first kappa shape index (κ1) is 10.7. The van der Waals surface area contributed by atoms with Crippen LogP contribution >= 0.6 is 0 Å². The molecule has 1 fully saturated rings. The summed E-state index contributed by atoms with van der Waals surface area (Å²) in [6.45, 7) is 4.34. The minimum Gasteiger partial charge on any atom is -0.324 e. The summed E-state index contributed by atoms with van der Waals surface area (Å²) < 4.78 is 0. The lowest BCUT2D eigenvalue weighted by Crippen LogP contribution is -2.12. The Morgan fingerprint density at radius 2 is 2.07 bits per heavy atom. The number of hydrogen-bond donors (Lipinski definition) is 1. The van der Waals surface area contributed by atoms with Crippen LogP contribution in [0.3, 0.4) is 0 Å². The molecule has 1 saturated carbocycles. The number of rotatable bonds is 4. The molecule has 2 N–H and O–H groups in total. The SMILES string of the molecule is Cc1cccc(C(N)CCC2CC2)c1C. The van der Waals surface area contributed by atoms with Crippen molar-refractivity contribution in [2.45, 2.75) is 45.6 Å². The molecule has 0 aromatic heterocycles. The zero-order valence-electron chi connectivity index (χ0n) is 9.79. The molecule has 0 spiro atoms. The molecule has 1 aromatic carbocycles. The van der Waals surface area contributed by atoms with Crippen LogP contribution in [0.2, 0.25) is 0 Å². The van der Waals surface area contributed by atoms with Gasteiger partial charge in [-0.15, -0.1) is 0 Å². The van der Waals surface area contributed by atoms with Crippen molar-refractivity contribution in [3.63, 3.8) is 0 Å². The maximum absolute atomic E-state index is 6.24. The summed E-state index contributed by atoms with van der Waals surface area (Å²) in [5.74, 6) is 0.987. The molecular weight excluding hydrogens is 182 g/mol. The van der Waals surface area contributed by atoms with Gasteiger partial charge in [0.1, 0.15) is 0 Å². The average Bonchev–Trinajstić information content (AvgIpc) is 3.02. The van der Waals surface area contributed by atoms with Gasteiger partial charge in [0.05, 0.1) is 0 Å². The molecule has 0 bridgehead atoms. The molecule has 1 nitrogen and oxygen atoms in total. The third-order valence-electron chi connectivity index (χ3n) is 3.63. The van der Waals surface area contributed by atoms with E-state index in [0.29, 0.717) is 0 Å². The van der Waals surface area contributed by atoms with Gasteiger partial charge in [0.25, 0.3) is 0 Å². The van der Waals surface area contributed by atoms with Crippen molar-refractivity contribution in [3.05, 3.63) is 34.9 Å². The topological polar surface area (TPSA) is 26.0 Å². The third-order valence-corrected chi connectivity index (χ3v) is 3.63. The van der Waals surface area contributed by atoms with Crippen LogP contribution in [0.1, 0.15) is 48.4 Å². The molecule has 2 rings (SSSR count). The van der Waals surface area contributed by atoms with E-state index in [4.69, 9.17) is 5.73 Å². The van der Waals surface area contributed by atoms with Crippen LogP contribution in [0.5, 0.6) is 0 Å². The Kier molecular flexibility index (Phi) is 3.11. The molecular formula is C14H21N. The molecule has 1 aromatic rings. The van der Waals surface area contributed by atoms with Gasteiger partial charge >= 0.3 is 0 Å². The second-order valence-electron chi connectivity index (χ2n) is 4.92. The van der Waals surface area contributed by atoms with Crippen LogP contribution in [-0.4, -0.2) is 0 Å². The molecule has 15 heavy (non-hydrogen) atoms. The average molecular weight is 203 g/mol. The van der Waals surface area contributed by atoms with Gasteiger partial charge in [-0.25, -0.2) is 0 Å². The highest BCUT2D eigenvalue weighted by Crippen LogP contribution is 2.35. The van der Waals surface area contributed by atoms with Crippen molar-refractivity contribution in [3.8, 4) is 0 Å². The van der Waals surface area contributed by atoms with E-state index in [-0.39, 0.29) is 6.04 Å². The summed E-state index contributed by atoms with van der Waals surface area (Å²) in [6.07, 6.45) is 5.32. The van der Waals surface area contributed by atoms with Crippen molar-refractivity contribution in [1.29, 1.82) is 0 Å². The number of hydrogen-bond acceptors (Lipinski definition) is 1. The molecule has 1 aliphatic rings. The van der Waals surface area contributed by atoms with Gasteiger partial charge in [-0.2, -0.15) is 0 Å². The first-order valence-corrected chi connectivity index (χ1v) is 6.00. The monoisotopic (exact) mass is 203 g/mol. The molecule has 1 unspecified atom stereocenters. The van der Waals surface area contributed by atoms with E-state index < -0.39 is 0 Å². The lowest BCUT2D eigenvalue weighted by molar-refractivity contribution is 0.573. The Labute approximate surface area is 92.7 Å². The molecule has 1 heteroatoms. The van der Waals surface area contributed by atoms with E-state index in [0.717, 1.165) is 12.3 Å². The quantitative estimate of drug-likeness (QED) is 0.796. The summed E-state index contributed by atoms with van der Waals surface area (Å²) in [5.41, 5.74) is 10.3. The van der Waals surface area contributed by atoms with Crippen molar-refractivity contribution >= 4 is 0 Å². The summed E-state index contributed by atoms with van der Waals surface area (Å²) in [5, 5.41) is 0. The second kappa shape index (κ2) is 4.36. The standard InChI is InChI=1S/C14H21N/c1-10-4-3-5-13(11(10)2)14(15)9-8-12-6-7-12/h3-5,12,14H,6-9,15H2,1-2H3. The van der Waals surface area contributed by atoms with Gasteiger partial charge in [-0.05, 0) is 49.3 Å². The van der Waals surface area contributed by atoms with Crippen molar-refractivity contribution in [2.75, 3.05) is 0 Å². The van der Waals surface area contributed by atoms with Crippen LogP contribution in [0.4, 0.5) is 0 Å². The predicted molar refractivity (Wildman–Crippen MR) is 64.8 cm³/mol.